The van der Waals surface area contributed by atoms with Gasteiger partial charge in [-0.15, -0.1) is 0 Å². The first-order chi connectivity index (χ1) is 9.19. The zero-order valence-corrected chi connectivity index (χ0v) is 10.5. The number of benzene rings is 2. The molecule has 0 fully saturated rings. The Balaban J connectivity index is 2.18. The summed E-state index contributed by atoms with van der Waals surface area (Å²) in [6, 6.07) is 14.2. The van der Waals surface area contributed by atoms with E-state index in [4.69, 9.17) is 10.5 Å². The van der Waals surface area contributed by atoms with Gasteiger partial charge in [0.1, 0.15) is 11.5 Å². The number of amides is 2. The van der Waals surface area contributed by atoms with Crippen molar-refractivity contribution in [3.05, 3.63) is 48.5 Å². The number of nitrogens with one attached hydrogen (secondary N) is 2. The van der Waals surface area contributed by atoms with E-state index in [0.717, 1.165) is 5.75 Å². The maximum atomic E-state index is 11.3. The molecule has 0 saturated heterocycles. The highest BCUT2D eigenvalue weighted by atomic mass is 16.5. The Kier molecular flexibility index (Phi) is 3.87. The Bertz CT molecular complexity index is 570. The summed E-state index contributed by atoms with van der Waals surface area (Å²) in [5.41, 5.74) is 6.77. The number of hydrogen-bond acceptors (Lipinski definition) is 3. The van der Waals surface area contributed by atoms with Crippen LogP contribution in [-0.4, -0.2) is 13.1 Å². The number of urea groups is 1. The van der Waals surface area contributed by atoms with Gasteiger partial charge in [0.25, 0.3) is 0 Å². The van der Waals surface area contributed by atoms with Crippen LogP contribution < -0.4 is 21.1 Å². The van der Waals surface area contributed by atoms with Crippen molar-refractivity contribution in [2.75, 3.05) is 18.1 Å². The van der Waals surface area contributed by atoms with E-state index in [1.54, 1.807) is 18.2 Å². The SMILES string of the molecule is CNC(=O)Nc1cc(Oc2ccccc2)ccc1N. The number of hydrogen-bond donors (Lipinski definition) is 3. The second-order valence-electron chi connectivity index (χ2n) is 3.87. The highest BCUT2D eigenvalue weighted by Crippen LogP contribution is 2.28. The summed E-state index contributed by atoms with van der Waals surface area (Å²) in [5.74, 6) is 1.32. The zero-order valence-electron chi connectivity index (χ0n) is 10.5. The van der Waals surface area contributed by atoms with Crippen molar-refractivity contribution in [3.63, 3.8) is 0 Å². The van der Waals surface area contributed by atoms with E-state index in [1.807, 2.05) is 30.3 Å². The molecule has 5 nitrogen and oxygen atoms in total. The summed E-state index contributed by atoms with van der Waals surface area (Å²) >= 11 is 0. The summed E-state index contributed by atoms with van der Waals surface area (Å²) in [5, 5.41) is 5.09. The van der Waals surface area contributed by atoms with Crippen molar-refractivity contribution >= 4 is 17.4 Å². The third-order valence-electron chi connectivity index (χ3n) is 2.48. The highest BCUT2D eigenvalue weighted by molar-refractivity contribution is 5.92. The number of rotatable bonds is 3. The molecule has 0 aromatic heterocycles. The van der Waals surface area contributed by atoms with Crippen LogP contribution in [0.4, 0.5) is 16.2 Å². The molecule has 0 spiro atoms. The Labute approximate surface area is 111 Å². The molecule has 2 rings (SSSR count). The molecule has 2 aromatic rings. The predicted octanol–water partition coefficient (Wildman–Crippen LogP) is 2.81. The van der Waals surface area contributed by atoms with Gasteiger partial charge in [-0.25, -0.2) is 4.79 Å². The molecule has 0 saturated carbocycles. The monoisotopic (exact) mass is 257 g/mol. The van der Waals surface area contributed by atoms with Crippen LogP contribution in [0.1, 0.15) is 0 Å². The first kappa shape index (κ1) is 12.8. The summed E-state index contributed by atoms with van der Waals surface area (Å²) in [7, 11) is 1.54. The highest BCUT2D eigenvalue weighted by Gasteiger charge is 2.05. The molecule has 4 N–H and O–H groups in total. The Morgan fingerprint density at radius 2 is 1.84 bits per heavy atom. The summed E-state index contributed by atoms with van der Waals surface area (Å²) in [6.07, 6.45) is 0. The van der Waals surface area contributed by atoms with E-state index < -0.39 is 0 Å². The lowest BCUT2D eigenvalue weighted by Gasteiger charge is -2.11. The average molecular weight is 257 g/mol. The van der Waals surface area contributed by atoms with Gasteiger partial charge in [-0.1, -0.05) is 18.2 Å². The molecule has 0 atom stereocenters. The molecular weight excluding hydrogens is 242 g/mol. The van der Waals surface area contributed by atoms with Crippen molar-refractivity contribution in [1.29, 1.82) is 0 Å². The van der Waals surface area contributed by atoms with Crippen LogP contribution in [0, 0.1) is 0 Å². The molecule has 98 valence electrons. The number of carbonyl (C=O) groups excluding carboxylic acids is 1. The molecule has 5 heteroatoms. The normalized spacial score (nSPS) is 9.74. The molecule has 0 radical (unpaired) electrons. The van der Waals surface area contributed by atoms with Crippen LogP contribution in [0.5, 0.6) is 11.5 Å². The number of anilines is 2. The summed E-state index contributed by atoms with van der Waals surface area (Å²) < 4.78 is 5.66. The number of ether oxygens (including phenoxy) is 1. The van der Waals surface area contributed by atoms with Gasteiger partial charge in [0.15, 0.2) is 0 Å². The quantitative estimate of drug-likeness (QED) is 0.740. The van der Waals surface area contributed by atoms with Crippen LogP contribution in [-0.2, 0) is 0 Å². The van der Waals surface area contributed by atoms with E-state index in [9.17, 15) is 4.79 Å². The first-order valence-electron chi connectivity index (χ1n) is 5.80. The fraction of sp³-hybridized carbons (Fsp3) is 0.0714. The van der Waals surface area contributed by atoms with Crippen molar-refractivity contribution in [3.8, 4) is 11.5 Å². The molecule has 0 aliphatic heterocycles. The second-order valence-corrected chi connectivity index (χ2v) is 3.87. The lowest BCUT2D eigenvalue weighted by molar-refractivity contribution is 0.254. The minimum Gasteiger partial charge on any atom is -0.457 e. The fourth-order valence-corrected chi connectivity index (χ4v) is 1.52. The standard InChI is InChI=1S/C14H15N3O2/c1-16-14(18)17-13-9-11(7-8-12(13)15)19-10-5-3-2-4-6-10/h2-9H,15H2,1H3,(H2,16,17,18). The van der Waals surface area contributed by atoms with E-state index in [2.05, 4.69) is 10.6 Å². The minimum absolute atomic E-state index is 0.330. The Hall–Kier alpha value is -2.69. The molecule has 2 amide bonds. The van der Waals surface area contributed by atoms with Gasteiger partial charge in [0.05, 0.1) is 11.4 Å². The van der Waals surface area contributed by atoms with E-state index in [-0.39, 0.29) is 6.03 Å². The second kappa shape index (κ2) is 5.77. The van der Waals surface area contributed by atoms with Crippen molar-refractivity contribution in [2.24, 2.45) is 0 Å². The third-order valence-corrected chi connectivity index (χ3v) is 2.48. The van der Waals surface area contributed by atoms with Gasteiger partial charge in [0, 0.05) is 13.1 Å². The van der Waals surface area contributed by atoms with E-state index in [0.29, 0.717) is 17.1 Å². The first-order valence-corrected chi connectivity index (χ1v) is 5.80. The Morgan fingerprint density at radius 3 is 2.53 bits per heavy atom. The van der Waals surface area contributed by atoms with Gasteiger partial charge in [-0.2, -0.15) is 0 Å². The molecule has 0 aliphatic rings. The van der Waals surface area contributed by atoms with E-state index >= 15 is 0 Å². The number of nitrogens with two attached hydrogens (primary N) is 1. The molecule has 0 bridgehead atoms. The van der Waals surface area contributed by atoms with Crippen LogP contribution in [0.15, 0.2) is 48.5 Å². The van der Waals surface area contributed by atoms with Crippen LogP contribution in [0.2, 0.25) is 0 Å². The van der Waals surface area contributed by atoms with E-state index in [1.165, 1.54) is 7.05 Å². The zero-order chi connectivity index (χ0) is 13.7. The lowest BCUT2D eigenvalue weighted by atomic mass is 10.2. The summed E-state index contributed by atoms with van der Waals surface area (Å²) in [6.45, 7) is 0. The maximum Gasteiger partial charge on any atom is 0.319 e. The van der Waals surface area contributed by atoms with Gasteiger partial charge in [-0.05, 0) is 24.3 Å². The number of para-hydroxylation sites is 1. The summed E-state index contributed by atoms with van der Waals surface area (Å²) in [4.78, 5) is 11.3. The van der Waals surface area contributed by atoms with Crippen LogP contribution in [0.3, 0.4) is 0 Å². The van der Waals surface area contributed by atoms with Crippen molar-refractivity contribution in [2.45, 2.75) is 0 Å². The third kappa shape index (κ3) is 3.38. The lowest BCUT2D eigenvalue weighted by Crippen LogP contribution is -2.24. The Morgan fingerprint density at radius 1 is 1.11 bits per heavy atom. The maximum absolute atomic E-state index is 11.3. The van der Waals surface area contributed by atoms with Gasteiger partial charge < -0.3 is 21.1 Å². The topological polar surface area (TPSA) is 76.4 Å². The van der Waals surface area contributed by atoms with Crippen LogP contribution in [0.25, 0.3) is 0 Å². The van der Waals surface area contributed by atoms with Crippen molar-refractivity contribution in [1.82, 2.24) is 5.32 Å². The predicted molar refractivity (Wildman–Crippen MR) is 75.4 cm³/mol. The average Bonchev–Trinajstić information content (AvgIpc) is 2.43. The molecule has 2 aromatic carbocycles. The minimum atomic E-state index is -0.330. The molecule has 0 unspecified atom stereocenters. The fourth-order valence-electron chi connectivity index (χ4n) is 1.52. The number of carbonyl (C=O) groups is 1. The molecular formula is C14H15N3O2. The van der Waals surface area contributed by atoms with Gasteiger partial charge >= 0.3 is 6.03 Å². The molecule has 19 heavy (non-hydrogen) atoms. The molecule has 0 aliphatic carbocycles. The van der Waals surface area contributed by atoms with Crippen molar-refractivity contribution < 1.29 is 9.53 Å². The molecule has 0 heterocycles. The van der Waals surface area contributed by atoms with Crippen LogP contribution >= 0.6 is 0 Å². The van der Waals surface area contributed by atoms with Gasteiger partial charge in [0.2, 0.25) is 0 Å². The smallest absolute Gasteiger partial charge is 0.319 e. The van der Waals surface area contributed by atoms with Gasteiger partial charge in [-0.3, -0.25) is 0 Å². The largest absolute Gasteiger partial charge is 0.457 e. The number of nitrogen functional groups attached to an aromatic ring is 1.